The van der Waals surface area contributed by atoms with E-state index in [1.54, 1.807) is 7.11 Å². The number of halogens is 1. The molecule has 0 spiro atoms. The SMILES string of the molecule is CCC(=O)N1CCC(Oc2ccc(-c3cnc4c(Cl)c(OC)ccc4c3)cc2)CC1. The summed E-state index contributed by atoms with van der Waals surface area (Å²) >= 11 is 6.36. The number of nitrogens with zero attached hydrogens (tertiary/aromatic N) is 2. The fourth-order valence-electron chi connectivity index (χ4n) is 3.83. The molecule has 5 nitrogen and oxygen atoms in total. The molecule has 0 radical (unpaired) electrons. The summed E-state index contributed by atoms with van der Waals surface area (Å²) in [6.07, 6.45) is 4.27. The number of carbonyl (C=O) groups is 1. The maximum atomic E-state index is 11.8. The van der Waals surface area contributed by atoms with Crippen LogP contribution in [0.5, 0.6) is 11.5 Å². The molecule has 0 bridgehead atoms. The van der Waals surface area contributed by atoms with Crippen LogP contribution in [0, 0.1) is 0 Å². The van der Waals surface area contributed by atoms with Crippen molar-refractivity contribution < 1.29 is 14.3 Å². The predicted molar refractivity (Wildman–Crippen MR) is 119 cm³/mol. The third-order valence-electron chi connectivity index (χ3n) is 5.56. The lowest BCUT2D eigenvalue weighted by molar-refractivity contribution is -0.132. The van der Waals surface area contributed by atoms with Crippen molar-refractivity contribution in [2.75, 3.05) is 20.2 Å². The Bertz CT molecular complexity index is 1040. The molecule has 30 heavy (non-hydrogen) atoms. The maximum Gasteiger partial charge on any atom is 0.222 e. The van der Waals surface area contributed by atoms with Crippen molar-refractivity contribution in [2.45, 2.75) is 32.3 Å². The second-order valence-corrected chi connectivity index (χ2v) is 7.83. The quantitative estimate of drug-likeness (QED) is 0.554. The number of pyridine rings is 1. The number of likely N-dealkylation sites (tertiary alicyclic amines) is 1. The van der Waals surface area contributed by atoms with Gasteiger partial charge in [0.25, 0.3) is 0 Å². The Morgan fingerprint density at radius 1 is 1.13 bits per heavy atom. The van der Waals surface area contributed by atoms with Crippen LogP contribution >= 0.6 is 11.6 Å². The van der Waals surface area contributed by atoms with Gasteiger partial charge in [-0.15, -0.1) is 0 Å². The van der Waals surface area contributed by atoms with Crippen LogP contribution in [-0.2, 0) is 4.79 Å². The first-order valence-corrected chi connectivity index (χ1v) is 10.6. The first-order valence-electron chi connectivity index (χ1n) is 10.3. The molecule has 3 aromatic rings. The number of ether oxygens (including phenoxy) is 2. The number of methoxy groups -OCH3 is 1. The fourth-order valence-corrected chi connectivity index (χ4v) is 4.13. The van der Waals surface area contributed by atoms with Crippen LogP contribution in [0.3, 0.4) is 0 Å². The topological polar surface area (TPSA) is 51.7 Å². The standard InChI is InChI=1S/C24H25ClN2O3/c1-3-22(28)27-12-10-20(11-13-27)30-19-7-4-16(5-8-19)18-14-17-6-9-21(29-2)23(25)24(17)26-15-18/h4-9,14-15,20H,3,10-13H2,1-2H3. The van der Waals surface area contributed by atoms with Crippen LogP contribution in [0.25, 0.3) is 22.0 Å². The lowest BCUT2D eigenvalue weighted by Gasteiger charge is -2.32. The summed E-state index contributed by atoms with van der Waals surface area (Å²) in [5.41, 5.74) is 2.81. The molecule has 0 saturated carbocycles. The van der Waals surface area contributed by atoms with Gasteiger partial charge in [-0.1, -0.05) is 30.7 Å². The highest BCUT2D eigenvalue weighted by Gasteiger charge is 2.23. The van der Waals surface area contributed by atoms with Gasteiger partial charge in [0.15, 0.2) is 0 Å². The number of piperidine rings is 1. The molecule has 2 heterocycles. The summed E-state index contributed by atoms with van der Waals surface area (Å²) in [6, 6.07) is 14.0. The molecule has 1 aromatic heterocycles. The van der Waals surface area contributed by atoms with Crippen molar-refractivity contribution in [1.29, 1.82) is 0 Å². The van der Waals surface area contributed by atoms with E-state index in [-0.39, 0.29) is 12.0 Å². The van der Waals surface area contributed by atoms with Crippen molar-refractivity contribution in [2.24, 2.45) is 0 Å². The molecule has 1 amide bonds. The van der Waals surface area contributed by atoms with E-state index in [0.29, 0.717) is 17.2 Å². The number of benzene rings is 2. The van der Waals surface area contributed by atoms with Crippen molar-refractivity contribution in [1.82, 2.24) is 9.88 Å². The number of rotatable bonds is 5. The van der Waals surface area contributed by atoms with E-state index in [9.17, 15) is 4.79 Å². The van der Waals surface area contributed by atoms with Gasteiger partial charge in [-0.2, -0.15) is 0 Å². The molecule has 4 rings (SSSR count). The molecule has 6 heteroatoms. The van der Waals surface area contributed by atoms with E-state index in [1.165, 1.54) is 0 Å². The average molecular weight is 425 g/mol. The first kappa shape index (κ1) is 20.5. The monoisotopic (exact) mass is 424 g/mol. The highest BCUT2D eigenvalue weighted by molar-refractivity contribution is 6.36. The summed E-state index contributed by atoms with van der Waals surface area (Å²) in [5.74, 6) is 1.69. The second kappa shape index (κ2) is 8.92. The molecular formula is C24H25ClN2O3. The summed E-state index contributed by atoms with van der Waals surface area (Å²) in [6.45, 7) is 3.44. The Labute approximate surface area is 181 Å². The lowest BCUT2D eigenvalue weighted by Crippen LogP contribution is -2.41. The van der Waals surface area contributed by atoms with Gasteiger partial charge < -0.3 is 14.4 Å². The normalized spacial score (nSPS) is 14.7. The predicted octanol–water partition coefficient (Wildman–Crippen LogP) is 5.34. The minimum atomic E-state index is 0.149. The largest absolute Gasteiger partial charge is 0.495 e. The zero-order valence-electron chi connectivity index (χ0n) is 17.2. The maximum absolute atomic E-state index is 11.8. The van der Waals surface area contributed by atoms with Gasteiger partial charge in [-0.3, -0.25) is 9.78 Å². The molecule has 0 N–H and O–H groups in total. The molecule has 1 aliphatic heterocycles. The molecule has 0 aliphatic carbocycles. The smallest absolute Gasteiger partial charge is 0.222 e. The number of carbonyl (C=O) groups excluding carboxylic acids is 1. The summed E-state index contributed by atoms with van der Waals surface area (Å²) in [5, 5.41) is 1.49. The van der Waals surface area contributed by atoms with Gasteiger partial charge in [0, 0.05) is 49.5 Å². The van der Waals surface area contributed by atoms with Crippen LogP contribution in [-0.4, -0.2) is 42.1 Å². The van der Waals surface area contributed by atoms with E-state index in [1.807, 2.05) is 54.4 Å². The lowest BCUT2D eigenvalue weighted by atomic mass is 10.0. The zero-order valence-corrected chi connectivity index (χ0v) is 18.0. The summed E-state index contributed by atoms with van der Waals surface area (Å²) in [7, 11) is 1.60. The van der Waals surface area contributed by atoms with Gasteiger partial charge in [0.1, 0.15) is 22.6 Å². The molecule has 1 saturated heterocycles. The highest BCUT2D eigenvalue weighted by atomic mass is 35.5. The number of fused-ring (bicyclic) bond motifs is 1. The minimum absolute atomic E-state index is 0.149. The van der Waals surface area contributed by atoms with Crippen molar-refractivity contribution in [3.05, 3.63) is 53.7 Å². The zero-order chi connectivity index (χ0) is 21.1. The summed E-state index contributed by atoms with van der Waals surface area (Å²) in [4.78, 5) is 18.3. The molecule has 0 atom stereocenters. The van der Waals surface area contributed by atoms with Crippen molar-refractivity contribution in [3.63, 3.8) is 0 Å². The number of amides is 1. The van der Waals surface area contributed by atoms with Crippen LogP contribution < -0.4 is 9.47 Å². The van der Waals surface area contributed by atoms with Crippen molar-refractivity contribution in [3.8, 4) is 22.6 Å². The number of hydrogen-bond acceptors (Lipinski definition) is 4. The van der Waals surface area contributed by atoms with Crippen LogP contribution in [0.4, 0.5) is 0 Å². The molecule has 1 fully saturated rings. The number of hydrogen-bond donors (Lipinski definition) is 0. The molecule has 1 aliphatic rings. The van der Waals surface area contributed by atoms with Gasteiger partial charge in [0.2, 0.25) is 5.91 Å². The fraction of sp³-hybridized carbons (Fsp3) is 0.333. The van der Waals surface area contributed by atoms with E-state index in [2.05, 4.69) is 11.1 Å². The van der Waals surface area contributed by atoms with Crippen LogP contribution in [0.15, 0.2) is 48.7 Å². The third-order valence-corrected chi connectivity index (χ3v) is 5.93. The van der Waals surface area contributed by atoms with Gasteiger partial charge in [-0.25, -0.2) is 0 Å². The average Bonchev–Trinajstić information content (AvgIpc) is 2.79. The van der Waals surface area contributed by atoms with Gasteiger partial charge in [0.05, 0.1) is 12.6 Å². The third kappa shape index (κ3) is 4.21. The molecule has 0 unspecified atom stereocenters. The highest BCUT2D eigenvalue weighted by Crippen LogP contribution is 2.33. The van der Waals surface area contributed by atoms with Gasteiger partial charge in [-0.05, 0) is 35.9 Å². The van der Waals surface area contributed by atoms with Crippen LogP contribution in [0.1, 0.15) is 26.2 Å². The van der Waals surface area contributed by atoms with E-state index < -0.39 is 0 Å². The van der Waals surface area contributed by atoms with E-state index >= 15 is 0 Å². The van der Waals surface area contributed by atoms with Crippen LogP contribution in [0.2, 0.25) is 5.02 Å². The second-order valence-electron chi connectivity index (χ2n) is 7.45. The molecular weight excluding hydrogens is 400 g/mol. The Kier molecular flexibility index (Phi) is 6.09. The molecule has 2 aromatic carbocycles. The van der Waals surface area contributed by atoms with Gasteiger partial charge >= 0.3 is 0 Å². The van der Waals surface area contributed by atoms with Crippen molar-refractivity contribution >= 4 is 28.4 Å². The molecule has 156 valence electrons. The Morgan fingerprint density at radius 3 is 2.53 bits per heavy atom. The number of aromatic nitrogens is 1. The Morgan fingerprint density at radius 2 is 1.87 bits per heavy atom. The van der Waals surface area contributed by atoms with E-state index in [0.717, 1.165) is 53.7 Å². The summed E-state index contributed by atoms with van der Waals surface area (Å²) < 4.78 is 11.4. The minimum Gasteiger partial charge on any atom is -0.495 e. The Balaban J connectivity index is 1.44. The Hall–Kier alpha value is -2.79. The first-order chi connectivity index (χ1) is 14.6. The van der Waals surface area contributed by atoms with E-state index in [4.69, 9.17) is 21.1 Å².